The van der Waals surface area contributed by atoms with Gasteiger partial charge in [0.1, 0.15) is 11.3 Å². The first-order valence-electron chi connectivity index (χ1n) is 8.83. The van der Waals surface area contributed by atoms with Gasteiger partial charge in [-0.15, -0.1) is 0 Å². The number of hydrogen-bond donors (Lipinski definition) is 1. The molecule has 0 bridgehead atoms. The van der Waals surface area contributed by atoms with E-state index in [0.717, 1.165) is 22.6 Å². The predicted molar refractivity (Wildman–Crippen MR) is 108 cm³/mol. The van der Waals surface area contributed by atoms with Crippen LogP contribution in [0, 0.1) is 0 Å². The van der Waals surface area contributed by atoms with Crippen molar-refractivity contribution in [3.8, 4) is 11.4 Å². The minimum absolute atomic E-state index is 0.0476. The molecule has 4 rings (SSSR count). The summed E-state index contributed by atoms with van der Waals surface area (Å²) in [5, 5.41) is 2.84. The van der Waals surface area contributed by atoms with Crippen molar-refractivity contribution in [3.05, 3.63) is 78.0 Å². The van der Waals surface area contributed by atoms with Gasteiger partial charge in [-0.1, -0.05) is 24.3 Å². The van der Waals surface area contributed by atoms with Crippen molar-refractivity contribution in [2.75, 3.05) is 5.32 Å². The van der Waals surface area contributed by atoms with E-state index in [1.54, 1.807) is 42.6 Å². The lowest BCUT2D eigenvalue weighted by Crippen LogP contribution is -2.12. The Bertz CT molecular complexity index is 1210. The smallest absolute Gasteiger partial charge is 0.255 e. The minimum Gasteiger partial charge on any atom is -0.322 e. The molecule has 0 radical (unpaired) electrons. The van der Waals surface area contributed by atoms with Gasteiger partial charge in [0.25, 0.3) is 5.91 Å². The van der Waals surface area contributed by atoms with Crippen LogP contribution in [0.2, 0.25) is 0 Å². The van der Waals surface area contributed by atoms with E-state index in [0.29, 0.717) is 16.8 Å². The Kier molecular flexibility index (Phi) is 4.45. The maximum absolute atomic E-state index is 12.7. The summed E-state index contributed by atoms with van der Waals surface area (Å²) in [5.41, 5.74) is 4.05. The van der Waals surface area contributed by atoms with Crippen molar-refractivity contribution in [2.45, 2.75) is 6.92 Å². The summed E-state index contributed by atoms with van der Waals surface area (Å²) in [6.07, 6.45) is 1.73. The van der Waals surface area contributed by atoms with Crippen molar-refractivity contribution in [1.29, 1.82) is 0 Å². The highest BCUT2D eigenvalue weighted by Gasteiger charge is 2.13. The summed E-state index contributed by atoms with van der Waals surface area (Å²) in [6, 6.07) is 17.9. The van der Waals surface area contributed by atoms with Crippen LogP contribution in [0.15, 0.2) is 66.9 Å². The zero-order valence-corrected chi connectivity index (χ0v) is 15.5. The molecule has 2 aromatic heterocycles. The molecule has 0 saturated carbocycles. The Balaban J connectivity index is 1.65. The van der Waals surface area contributed by atoms with Crippen LogP contribution >= 0.6 is 0 Å². The molecule has 0 unspecified atom stereocenters. The predicted octanol–water partition coefficient (Wildman–Crippen LogP) is 4.09. The highest BCUT2D eigenvalue weighted by atomic mass is 16.1. The molecule has 1 N–H and O–H groups in total. The monoisotopic (exact) mass is 370 g/mol. The van der Waals surface area contributed by atoms with E-state index in [4.69, 9.17) is 0 Å². The van der Waals surface area contributed by atoms with Gasteiger partial charge in [0.2, 0.25) is 0 Å². The molecule has 0 atom stereocenters. The SMILES string of the molecule is CC(=O)c1cccc(NC(=O)c2cccc(-c3nc4cccnc4n3C)c2)c1. The van der Waals surface area contributed by atoms with Crippen LogP contribution in [0.3, 0.4) is 0 Å². The maximum atomic E-state index is 12.7. The highest BCUT2D eigenvalue weighted by Crippen LogP contribution is 2.23. The van der Waals surface area contributed by atoms with Crippen molar-refractivity contribution >= 4 is 28.5 Å². The standard InChI is InChI=1S/C22H18N4O2/c1-14(27)15-6-4-9-18(13-15)24-22(28)17-8-3-7-16(12-17)20-25-19-10-5-11-23-21(19)26(20)2/h3-13H,1-2H3,(H,24,28). The number of carbonyl (C=O) groups excluding carboxylic acids is 2. The fraction of sp³-hybridized carbons (Fsp3) is 0.0909. The zero-order valence-electron chi connectivity index (χ0n) is 15.5. The van der Waals surface area contributed by atoms with Gasteiger partial charge in [0.15, 0.2) is 11.4 Å². The van der Waals surface area contributed by atoms with Crippen molar-refractivity contribution in [1.82, 2.24) is 14.5 Å². The van der Waals surface area contributed by atoms with Crippen molar-refractivity contribution < 1.29 is 9.59 Å². The number of fused-ring (bicyclic) bond motifs is 1. The highest BCUT2D eigenvalue weighted by molar-refractivity contribution is 6.05. The Morgan fingerprint density at radius 3 is 2.54 bits per heavy atom. The molecule has 0 aliphatic heterocycles. The fourth-order valence-electron chi connectivity index (χ4n) is 3.10. The third-order valence-electron chi connectivity index (χ3n) is 4.54. The molecule has 0 spiro atoms. The number of anilines is 1. The number of imidazole rings is 1. The zero-order chi connectivity index (χ0) is 19.7. The van der Waals surface area contributed by atoms with E-state index in [2.05, 4.69) is 15.3 Å². The van der Waals surface area contributed by atoms with E-state index in [1.165, 1.54) is 6.92 Å². The summed E-state index contributed by atoms with van der Waals surface area (Å²) in [4.78, 5) is 33.2. The fourth-order valence-corrected chi connectivity index (χ4v) is 3.10. The number of rotatable bonds is 4. The van der Waals surface area contributed by atoms with E-state index < -0.39 is 0 Å². The van der Waals surface area contributed by atoms with E-state index in [9.17, 15) is 9.59 Å². The van der Waals surface area contributed by atoms with E-state index in [-0.39, 0.29) is 11.7 Å². The van der Waals surface area contributed by atoms with E-state index in [1.807, 2.05) is 35.9 Å². The number of carbonyl (C=O) groups is 2. The lowest BCUT2D eigenvalue weighted by atomic mass is 10.1. The molecule has 138 valence electrons. The first-order valence-corrected chi connectivity index (χ1v) is 8.83. The second-order valence-corrected chi connectivity index (χ2v) is 6.51. The average molecular weight is 370 g/mol. The second-order valence-electron chi connectivity index (χ2n) is 6.51. The van der Waals surface area contributed by atoms with Crippen molar-refractivity contribution in [3.63, 3.8) is 0 Å². The minimum atomic E-state index is -0.251. The quantitative estimate of drug-likeness (QED) is 0.549. The first kappa shape index (κ1) is 17.6. The molecule has 28 heavy (non-hydrogen) atoms. The molecular formula is C22H18N4O2. The van der Waals surface area contributed by atoms with Gasteiger partial charge in [0.05, 0.1) is 0 Å². The molecular weight excluding hydrogens is 352 g/mol. The van der Waals surface area contributed by atoms with E-state index >= 15 is 0 Å². The molecule has 0 saturated heterocycles. The number of nitrogens with one attached hydrogen (secondary N) is 1. The topological polar surface area (TPSA) is 76.9 Å². The first-order chi connectivity index (χ1) is 13.5. The molecule has 4 aromatic rings. The molecule has 6 nitrogen and oxygen atoms in total. The van der Waals surface area contributed by atoms with Crippen LogP contribution in [0.5, 0.6) is 0 Å². The lowest BCUT2D eigenvalue weighted by molar-refractivity contribution is 0.101. The van der Waals surface area contributed by atoms with Gasteiger partial charge >= 0.3 is 0 Å². The number of ketones is 1. The average Bonchev–Trinajstić information content (AvgIpc) is 3.05. The van der Waals surface area contributed by atoms with Crippen LogP contribution in [0.4, 0.5) is 5.69 Å². The molecule has 0 fully saturated rings. The van der Waals surface area contributed by atoms with Crippen LogP contribution in [-0.2, 0) is 7.05 Å². The normalized spacial score (nSPS) is 10.8. The van der Waals surface area contributed by atoms with Gasteiger partial charge in [-0.05, 0) is 43.3 Å². The number of Topliss-reactive ketones (excluding diaryl/α,β-unsaturated/α-hetero) is 1. The van der Waals surface area contributed by atoms with Gasteiger partial charge in [-0.2, -0.15) is 0 Å². The molecule has 2 heterocycles. The summed E-state index contributed by atoms with van der Waals surface area (Å²) >= 11 is 0. The number of aromatic nitrogens is 3. The van der Waals surface area contributed by atoms with Gasteiger partial charge in [-0.3, -0.25) is 9.59 Å². The second kappa shape index (κ2) is 7.08. The summed E-state index contributed by atoms with van der Waals surface area (Å²) in [5.74, 6) is 0.440. The van der Waals surface area contributed by atoms with Crippen LogP contribution < -0.4 is 5.32 Å². The Morgan fingerprint density at radius 1 is 0.964 bits per heavy atom. The van der Waals surface area contributed by atoms with Crippen LogP contribution in [0.25, 0.3) is 22.6 Å². The largest absolute Gasteiger partial charge is 0.322 e. The van der Waals surface area contributed by atoms with Gasteiger partial charge in [0, 0.05) is 35.6 Å². The molecule has 6 heteroatoms. The number of hydrogen-bond acceptors (Lipinski definition) is 4. The Labute approximate surface area is 161 Å². The lowest BCUT2D eigenvalue weighted by Gasteiger charge is -2.08. The molecule has 2 aromatic carbocycles. The number of pyridine rings is 1. The van der Waals surface area contributed by atoms with Crippen LogP contribution in [-0.4, -0.2) is 26.2 Å². The van der Waals surface area contributed by atoms with Crippen molar-refractivity contribution in [2.24, 2.45) is 7.05 Å². The summed E-state index contributed by atoms with van der Waals surface area (Å²) in [7, 11) is 1.90. The Morgan fingerprint density at radius 2 is 1.75 bits per heavy atom. The summed E-state index contributed by atoms with van der Waals surface area (Å²) in [6.45, 7) is 1.50. The van der Waals surface area contributed by atoms with Gasteiger partial charge < -0.3 is 9.88 Å². The summed E-state index contributed by atoms with van der Waals surface area (Å²) < 4.78 is 1.91. The van der Waals surface area contributed by atoms with Gasteiger partial charge in [-0.25, -0.2) is 9.97 Å². The molecule has 0 aliphatic carbocycles. The van der Waals surface area contributed by atoms with Crippen LogP contribution in [0.1, 0.15) is 27.6 Å². The number of nitrogens with zero attached hydrogens (tertiary/aromatic N) is 3. The Hall–Kier alpha value is -3.80. The number of benzene rings is 2. The number of aryl methyl sites for hydroxylation is 1. The molecule has 1 amide bonds. The maximum Gasteiger partial charge on any atom is 0.255 e. The third-order valence-corrected chi connectivity index (χ3v) is 4.54. The third kappa shape index (κ3) is 3.27. The molecule has 0 aliphatic rings. The number of amides is 1.